The van der Waals surface area contributed by atoms with Crippen molar-refractivity contribution in [1.82, 2.24) is 0 Å². The maximum Gasteiger partial charge on any atom is 0.321 e. The van der Waals surface area contributed by atoms with Gasteiger partial charge >= 0.3 is 5.97 Å². The van der Waals surface area contributed by atoms with E-state index in [0.717, 1.165) is 6.92 Å². The van der Waals surface area contributed by atoms with Crippen molar-refractivity contribution < 1.29 is 23.2 Å². The van der Waals surface area contributed by atoms with Crippen molar-refractivity contribution in [2.24, 2.45) is 0 Å². The Morgan fingerprint density at radius 3 is 2.53 bits per heavy atom. The molecule has 0 aliphatic heterocycles. The molecule has 0 radical (unpaired) electrons. The van der Waals surface area contributed by atoms with E-state index in [1.54, 1.807) is 0 Å². The highest BCUT2D eigenvalue weighted by Gasteiger charge is 2.28. The Kier molecular flexibility index (Phi) is 4.64. The molecule has 0 fully saturated rings. The third-order valence-electron chi connectivity index (χ3n) is 2.49. The van der Waals surface area contributed by atoms with Crippen LogP contribution >= 0.6 is 15.9 Å². The van der Waals surface area contributed by atoms with Crippen molar-refractivity contribution in [2.45, 2.75) is 17.9 Å². The van der Waals surface area contributed by atoms with Crippen LogP contribution < -0.4 is 0 Å². The number of nitrogens with zero attached hydrogens (tertiary/aromatic N) is 1. The van der Waals surface area contributed by atoms with Crippen LogP contribution in [-0.2, 0) is 20.4 Å². The lowest BCUT2D eigenvalue weighted by molar-refractivity contribution is -0.384. The maximum atomic E-state index is 11.8. The standard InChI is InChI=1S/C10H10BrNO6S/c1-6(10(13)14)19(17,18)5-7-2-3-8(12(15)16)4-9(7)11/h2-4,6H,5H2,1H3,(H,13,14). The molecule has 0 aliphatic carbocycles. The van der Waals surface area contributed by atoms with Gasteiger partial charge in [-0.15, -0.1) is 0 Å². The van der Waals surface area contributed by atoms with Gasteiger partial charge in [0, 0.05) is 16.6 Å². The van der Waals surface area contributed by atoms with Crippen molar-refractivity contribution >= 4 is 37.4 Å². The second kappa shape index (κ2) is 5.66. The molecule has 1 atom stereocenters. The summed E-state index contributed by atoms with van der Waals surface area (Å²) in [6.45, 7) is 1.08. The first kappa shape index (κ1) is 15.6. The zero-order chi connectivity index (χ0) is 14.8. The first-order valence-electron chi connectivity index (χ1n) is 5.02. The van der Waals surface area contributed by atoms with Gasteiger partial charge in [-0.1, -0.05) is 22.0 Å². The molecule has 0 aromatic heterocycles. The lowest BCUT2D eigenvalue weighted by Crippen LogP contribution is -2.28. The zero-order valence-corrected chi connectivity index (χ0v) is 12.1. The molecule has 0 saturated carbocycles. The minimum absolute atomic E-state index is 0.181. The van der Waals surface area contributed by atoms with Gasteiger partial charge in [0.1, 0.15) is 0 Å². The van der Waals surface area contributed by atoms with Crippen molar-refractivity contribution in [3.05, 3.63) is 38.3 Å². The quantitative estimate of drug-likeness (QED) is 0.638. The first-order valence-corrected chi connectivity index (χ1v) is 7.53. The van der Waals surface area contributed by atoms with E-state index in [-0.39, 0.29) is 15.7 Å². The van der Waals surface area contributed by atoms with Gasteiger partial charge in [-0.3, -0.25) is 14.9 Å². The van der Waals surface area contributed by atoms with E-state index in [1.165, 1.54) is 18.2 Å². The van der Waals surface area contributed by atoms with Crippen molar-refractivity contribution in [3.63, 3.8) is 0 Å². The minimum atomic E-state index is -3.87. The van der Waals surface area contributed by atoms with Gasteiger partial charge in [-0.2, -0.15) is 0 Å². The van der Waals surface area contributed by atoms with Gasteiger partial charge in [0.15, 0.2) is 15.1 Å². The lowest BCUT2D eigenvalue weighted by Gasteiger charge is -2.09. The highest BCUT2D eigenvalue weighted by Crippen LogP contribution is 2.25. The smallest absolute Gasteiger partial charge is 0.321 e. The number of hydrogen-bond acceptors (Lipinski definition) is 5. The molecule has 0 spiro atoms. The first-order chi connectivity index (χ1) is 8.65. The van der Waals surface area contributed by atoms with Gasteiger partial charge in [0.2, 0.25) is 0 Å². The van der Waals surface area contributed by atoms with Crippen molar-refractivity contribution in [1.29, 1.82) is 0 Å². The molecule has 104 valence electrons. The molecule has 1 rings (SSSR count). The molecule has 1 aromatic rings. The minimum Gasteiger partial charge on any atom is -0.480 e. The predicted octanol–water partition coefficient (Wildman–Crippen LogP) is 1.75. The Bertz CT molecular complexity index is 627. The van der Waals surface area contributed by atoms with Gasteiger partial charge in [-0.25, -0.2) is 8.42 Å². The number of nitro benzene ring substituents is 1. The number of rotatable bonds is 5. The summed E-state index contributed by atoms with van der Waals surface area (Å²) in [5, 5.41) is 17.7. The monoisotopic (exact) mass is 351 g/mol. The number of non-ortho nitro benzene ring substituents is 1. The van der Waals surface area contributed by atoms with E-state index in [4.69, 9.17) is 5.11 Å². The molecule has 0 aliphatic rings. The van der Waals surface area contributed by atoms with E-state index in [1.807, 2.05) is 0 Å². The second-order valence-corrected chi connectivity index (χ2v) is 7.00. The van der Waals surface area contributed by atoms with Crippen LogP contribution in [0.5, 0.6) is 0 Å². The van der Waals surface area contributed by atoms with Crippen LogP contribution in [-0.4, -0.2) is 29.7 Å². The van der Waals surface area contributed by atoms with Crippen molar-refractivity contribution in [2.75, 3.05) is 0 Å². The molecule has 9 heteroatoms. The topological polar surface area (TPSA) is 115 Å². The number of hydrogen-bond donors (Lipinski definition) is 1. The highest BCUT2D eigenvalue weighted by atomic mass is 79.9. The van der Waals surface area contributed by atoms with E-state index >= 15 is 0 Å². The molecule has 0 bridgehead atoms. The van der Waals surface area contributed by atoms with Crippen LogP contribution in [0.4, 0.5) is 5.69 Å². The summed E-state index contributed by atoms with van der Waals surface area (Å²) in [5.41, 5.74) is 0.0954. The molecule has 7 nitrogen and oxygen atoms in total. The van der Waals surface area contributed by atoms with Gasteiger partial charge in [-0.05, 0) is 12.5 Å². The summed E-state index contributed by atoms with van der Waals surface area (Å²) >= 11 is 3.04. The molecule has 1 aromatic carbocycles. The Hall–Kier alpha value is -1.48. The average Bonchev–Trinajstić information content (AvgIpc) is 2.30. The summed E-state index contributed by atoms with van der Waals surface area (Å²) in [6.07, 6.45) is 0. The Morgan fingerprint density at radius 1 is 1.53 bits per heavy atom. The number of halogens is 1. The Labute approximate surface area is 117 Å². The number of carboxylic acids is 1. The predicted molar refractivity (Wildman–Crippen MR) is 70.5 cm³/mol. The van der Waals surface area contributed by atoms with Crippen LogP contribution in [0, 0.1) is 10.1 Å². The number of carboxylic acid groups (broad SMARTS) is 1. The van der Waals surface area contributed by atoms with Gasteiger partial charge in [0.05, 0.1) is 10.7 Å². The van der Waals surface area contributed by atoms with Crippen LogP contribution in [0.3, 0.4) is 0 Å². The summed E-state index contributed by atoms with van der Waals surface area (Å²) in [5.74, 6) is -1.93. The average molecular weight is 352 g/mol. The largest absolute Gasteiger partial charge is 0.480 e. The number of benzene rings is 1. The lowest BCUT2D eigenvalue weighted by atomic mass is 10.2. The molecule has 0 heterocycles. The Balaban J connectivity index is 3.07. The molecule has 0 saturated heterocycles. The summed E-state index contributed by atoms with van der Waals surface area (Å²) in [7, 11) is -3.87. The maximum absolute atomic E-state index is 11.8. The Morgan fingerprint density at radius 2 is 2.11 bits per heavy atom. The van der Waals surface area contributed by atoms with Gasteiger partial charge in [0.25, 0.3) is 5.69 Å². The highest BCUT2D eigenvalue weighted by molar-refractivity contribution is 9.10. The number of nitro groups is 1. The molecule has 1 unspecified atom stereocenters. The van der Waals surface area contributed by atoms with Crippen LogP contribution in [0.2, 0.25) is 0 Å². The summed E-state index contributed by atoms with van der Waals surface area (Å²) < 4.78 is 23.8. The molecular formula is C10H10BrNO6S. The fourth-order valence-electron chi connectivity index (χ4n) is 1.26. The normalized spacial score (nSPS) is 12.9. The summed E-state index contributed by atoms with van der Waals surface area (Å²) in [4.78, 5) is 20.6. The van der Waals surface area contributed by atoms with Crippen LogP contribution in [0.15, 0.2) is 22.7 Å². The molecule has 1 N–H and O–H groups in total. The van der Waals surface area contributed by atoms with Crippen molar-refractivity contribution in [3.8, 4) is 0 Å². The van der Waals surface area contributed by atoms with E-state index < -0.39 is 31.7 Å². The van der Waals surface area contributed by atoms with Gasteiger partial charge < -0.3 is 5.11 Å². The molecular weight excluding hydrogens is 342 g/mol. The van der Waals surface area contributed by atoms with Crippen LogP contribution in [0.1, 0.15) is 12.5 Å². The van der Waals surface area contributed by atoms with Crippen LogP contribution in [0.25, 0.3) is 0 Å². The number of sulfone groups is 1. The van der Waals surface area contributed by atoms with E-state index in [2.05, 4.69) is 15.9 Å². The fraction of sp³-hybridized carbons (Fsp3) is 0.300. The fourth-order valence-corrected chi connectivity index (χ4v) is 3.20. The SMILES string of the molecule is CC(C(=O)O)S(=O)(=O)Cc1ccc([N+](=O)[O-])cc1Br. The molecule has 19 heavy (non-hydrogen) atoms. The molecule has 0 amide bonds. The summed E-state index contributed by atoms with van der Waals surface area (Å²) in [6, 6.07) is 3.63. The zero-order valence-electron chi connectivity index (χ0n) is 9.74. The second-order valence-electron chi connectivity index (χ2n) is 3.82. The number of aliphatic carboxylic acids is 1. The third-order valence-corrected chi connectivity index (χ3v) is 5.22. The third kappa shape index (κ3) is 3.74. The van der Waals surface area contributed by atoms with E-state index in [0.29, 0.717) is 0 Å². The van der Waals surface area contributed by atoms with E-state index in [9.17, 15) is 23.3 Å². The number of carbonyl (C=O) groups is 1.